The standard InChI is InChI=1S/C22H38O9/c1-4-6-14-29-20(25)10-8-7-9-13-28-15-18(16-30-22(27)17(3)5-2)31-21(26)12-11-19(23)24/h17-18H,4-16H2,1-3H3,(H,23,24). The average molecular weight is 447 g/mol. The summed E-state index contributed by atoms with van der Waals surface area (Å²) in [6, 6.07) is 0. The molecule has 0 radical (unpaired) electrons. The van der Waals surface area contributed by atoms with Crippen molar-refractivity contribution < 1.29 is 43.2 Å². The van der Waals surface area contributed by atoms with E-state index in [1.807, 2.05) is 13.8 Å². The van der Waals surface area contributed by atoms with Crippen molar-refractivity contribution in [3.63, 3.8) is 0 Å². The SMILES string of the molecule is CCCCOC(=O)CCCCCOCC(COC(=O)C(C)CC)OC(=O)CCC(=O)O. The first kappa shape index (κ1) is 28.8. The topological polar surface area (TPSA) is 125 Å². The molecule has 0 fully saturated rings. The molecule has 0 aromatic heterocycles. The third kappa shape index (κ3) is 17.2. The van der Waals surface area contributed by atoms with Crippen molar-refractivity contribution in [2.24, 2.45) is 5.92 Å². The first-order chi connectivity index (χ1) is 14.8. The van der Waals surface area contributed by atoms with Gasteiger partial charge in [-0.15, -0.1) is 0 Å². The van der Waals surface area contributed by atoms with E-state index in [1.54, 1.807) is 6.92 Å². The van der Waals surface area contributed by atoms with Crippen LogP contribution in [0.3, 0.4) is 0 Å². The van der Waals surface area contributed by atoms with Crippen molar-refractivity contribution in [3.8, 4) is 0 Å². The Morgan fingerprint density at radius 2 is 1.55 bits per heavy atom. The van der Waals surface area contributed by atoms with Crippen molar-refractivity contribution in [2.75, 3.05) is 26.4 Å². The molecule has 0 spiro atoms. The Bertz CT molecular complexity index is 533. The molecule has 2 unspecified atom stereocenters. The fourth-order valence-electron chi connectivity index (χ4n) is 2.32. The highest BCUT2D eigenvalue weighted by Gasteiger charge is 2.20. The summed E-state index contributed by atoms with van der Waals surface area (Å²) in [5, 5.41) is 8.66. The Hall–Kier alpha value is -2.16. The van der Waals surface area contributed by atoms with Crippen LogP contribution in [0.15, 0.2) is 0 Å². The number of hydrogen-bond acceptors (Lipinski definition) is 8. The van der Waals surface area contributed by atoms with Gasteiger partial charge < -0.3 is 24.1 Å². The molecule has 9 heteroatoms. The number of unbranched alkanes of at least 4 members (excludes halogenated alkanes) is 3. The maximum atomic E-state index is 11.8. The fraction of sp³-hybridized carbons (Fsp3) is 0.818. The second-order valence-corrected chi connectivity index (χ2v) is 7.40. The van der Waals surface area contributed by atoms with Crippen LogP contribution in [0.1, 0.15) is 78.6 Å². The first-order valence-corrected chi connectivity index (χ1v) is 11.1. The second-order valence-electron chi connectivity index (χ2n) is 7.40. The van der Waals surface area contributed by atoms with Crippen LogP contribution in [-0.4, -0.2) is 61.5 Å². The van der Waals surface area contributed by atoms with Gasteiger partial charge in [-0.2, -0.15) is 0 Å². The summed E-state index contributed by atoms with van der Waals surface area (Å²) in [7, 11) is 0. The van der Waals surface area contributed by atoms with E-state index in [1.165, 1.54) is 0 Å². The largest absolute Gasteiger partial charge is 0.481 e. The summed E-state index contributed by atoms with van der Waals surface area (Å²) in [5.74, 6) is -2.62. The molecule has 0 aromatic carbocycles. The molecule has 0 aliphatic carbocycles. The predicted molar refractivity (Wildman–Crippen MR) is 112 cm³/mol. The number of carboxylic acids is 1. The Morgan fingerprint density at radius 1 is 0.806 bits per heavy atom. The molecule has 180 valence electrons. The van der Waals surface area contributed by atoms with Crippen LogP contribution in [0, 0.1) is 5.92 Å². The van der Waals surface area contributed by atoms with Crippen LogP contribution < -0.4 is 0 Å². The Morgan fingerprint density at radius 3 is 2.19 bits per heavy atom. The number of esters is 3. The monoisotopic (exact) mass is 446 g/mol. The van der Waals surface area contributed by atoms with Crippen LogP contribution in [-0.2, 0) is 38.1 Å². The number of aliphatic carboxylic acids is 1. The second kappa shape index (κ2) is 18.6. The highest BCUT2D eigenvalue weighted by atomic mass is 16.6. The van der Waals surface area contributed by atoms with Crippen molar-refractivity contribution in [1.82, 2.24) is 0 Å². The highest BCUT2D eigenvalue weighted by molar-refractivity contribution is 5.76. The zero-order valence-electron chi connectivity index (χ0n) is 19.1. The lowest BCUT2D eigenvalue weighted by Gasteiger charge is -2.19. The molecule has 0 bridgehead atoms. The summed E-state index contributed by atoms with van der Waals surface area (Å²) in [6.45, 7) is 6.39. The van der Waals surface area contributed by atoms with Gasteiger partial charge in [-0.1, -0.05) is 33.6 Å². The van der Waals surface area contributed by atoms with Crippen LogP contribution in [0.2, 0.25) is 0 Å². The molecule has 0 aliphatic heterocycles. The molecule has 0 rings (SSSR count). The zero-order valence-corrected chi connectivity index (χ0v) is 19.1. The fourth-order valence-corrected chi connectivity index (χ4v) is 2.32. The molecule has 1 N–H and O–H groups in total. The molecular weight excluding hydrogens is 408 g/mol. The van der Waals surface area contributed by atoms with E-state index in [2.05, 4.69) is 0 Å². The van der Waals surface area contributed by atoms with Gasteiger partial charge in [0.2, 0.25) is 0 Å². The maximum absolute atomic E-state index is 11.8. The molecule has 0 saturated heterocycles. The van der Waals surface area contributed by atoms with E-state index in [0.717, 1.165) is 19.3 Å². The van der Waals surface area contributed by atoms with Crippen molar-refractivity contribution in [3.05, 3.63) is 0 Å². The van der Waals surface area contributed by atoms with Gasteiger partial charge in [0.25, 0.3) is 0 Å². The summed E-state index contributed by atoms with van der Waals surface area (Å²) >= 11 is 0. The maximum Gasteiger partial charge on any atom is 0.308 e. The molecule has 0 aliphatic rings. The third-order valence-corrected chi connectivity index (χ3v) is 4.50. The molecule has 0 aromatic rings. The number of carbonyl (C=O) groups excluding carboxylic acids is 3. The van der Waals surface area contributed by atoms with Gasteiger partial charge in [0.05, 0.1) is 32.0 Å². The highest BCUT2D eigenvalue weighted by Crippen LogP contribution is 2.07. The third-order valence-electron chi connectivity index (χ3n) is 4.50. The minimum atomic E-state index is -1.10. The normalized spacial score (nSPS) is 12.6. The number of carboxylic acid groups (broad SMARTS) is 1. The van der Waals surface area contributed by atoms with Crippen LogP contribution in [0.4, 0.5) is 0 Å². The van der Waals surface area contributed by atoms with Gasteiger partial charge in [0.15, 0.2) is 6.10 Å². The van der Waals surface area contributed by atoms with Gasteiger partial charge in [-0.05, 0) is 25.7 Å². The molecule has 2 atom stereocenters. The predicted octanol–water partition coefficient (Wildman–Crippen LogP) is 3.27. The summed E-state index contributed by atoms with van der Waals surface area (Å²) in [5.41, 5.74) is 0. The van der Waals surface area contributed by atoms with E-state index < -0.39 is 18.0 Å². The summed E-state index contributed by atoms with van der Waals surface area (Å²) in [4.78, 5) is 45.7. The lowest BCUT2D eigenvalue weighted by Crippen LogP contribution is -2.31. The molecular formula is C22H38O9. The van der Waals surface area contributed by atoms with Crippen molar-refractivity contribution in [2.45, 2.75) is 84.7 Å². The summed E-state index contributed by atoms with van der Waals surface area (Å²) in [6.07, 6.45) is 3.66. The molecule has 9 nitrogen and oxygen atoms in total. The lowest BCUT2D eigenvalue weighted by molar-refractivity contribution is -0.165. The molecule has 0 heterocycles. The van der Waals surface area contributed by atoms with Gasteiger partial charge in [0, 0.05) is 13.0 Å². The minimum Gasteiger partial charge on any atom is -0.481 e. The molecule has 0 amide bonds. The number of rotatable bonds is 19. The van der Waals surface area contributed by atoms with Gasteiger partial charge in [-0.3, -0.25) is 19.2 Å². The first-order valence-electron chi connectivity index (χ1n) is 11.1. The van der Waals surface area contributed by atoms with E-state index in [4.69, 9.17) is 24.1 Å². The summed E-state index contributed by atoms with van der Waals surface area (Å²) < 4.78 is 21.0. The van der Waals surface area contributed by atoms with Crippen LogP contribution in [0.25, 0.3) is 0 Å². The van der Waals surface area contributed by atoms with E-state index in [9.17, 15) is 19.2 Å². The minimum absolute atomic E-state index is 0.0334. The van der Waals surface area contributed by atoms with E-state index in [-0.39, 0.29) is 43.9 Å². The number of hydrogen-bond donors (Lipinski definition) is 1. The molecule has 0 saturated carbocycles. The Balaban J connectivity index is 4.19. The van der Waals surface area contributed by atoms with Crippen LogP contribution in [0.5, 0.6) is 0 Å². The van der Waals surface area contributed by atoms with E-state index >= 15 is 0 Å². The van der Waals surface area contributed by atoms with Crippen LogP contribution >= 0.6 is 0 Å². The number of carbonyl (C=O) groups is 4. The van der Waals surface area contributed by atoms with E-state index in [0.29, 0.717) is 38.9 Å². The molecule has 31 heavy (non-hydrogen) atoms. The van der Waals surface area contributed by atoms with Gasteiger partial charge >= 0.3 is 23.9 Å². The lowest BCUT2D eigenvalue weighted by atomic mass is 10.1. The van der Waals surface area contributed by atoms with Gasteiger partial charge in [-0.25, -0.2) is 0 Å². The Kier molecular flexibility index (Phi) is 17.3. The Labute approximate surface area is 184 Å². The smallest absolute Gasteiger partial charge is 0.308 e. The number of ether oxygens (including phenoxy) is 4. The zero-order chi connectivity index (χ0) is 23.5. The van der Waals surface area contributed by atoms with Crippen molar-refractivity contribution >= 4 is 23.9 Å². The van der Waals surface area contributed by atoms with Crippen molar-refractivity contribution in [1.29, 1.82) is 0 Å². The quantitative estimate of drug-likeness (QED) is 0.181. The average Bonchev–Trinajstić information content (AvgIpc) is 2.74. The van der Waals surface area contributed by atoms with Gasteiger partial charge in [0.1, 0.15) is 6.61 Å².